The molecule has 0 saturated carbocycles. The van der Waals surface area contributed by atoms with Crippen LogP contribution in [0.15, 0.2) is 6.07 Å². The Balaban J connectivity index is 1.97. The lowest BCUT2D eigenvalue weighted by Crippen LogP contribution is -2.28. The van der Waals surface area contributed by atoms with E-state index < -0.39 is 5.97 Å². The number of rotatable bonds is 2. The van der Waals surface area contributed by atoms with Gasteiger partial charge in [-0.15, -0.1) is 0 Å². The molecule has 1 aliphatic heterocycles. The van der Waals surface area contributed by atoms with Crippen LogP contribution in [0.4, 0.5) is 5.82 Å². The van der Waals surface area contributed by atoms with E-state index in [1.807, 2.05) is 6.07 Å². The number of anilines is 1. The summed E-state index contributed by atoms with van der Waals surface area (Å²) in [5, 5.41) is 9.55. The minimum atomic E-state index is -0.844. The largest absolute Gasteiger partial charge is 0.478 e. The average Bonchev–Trinajstić information content (AvgIpc) is 2.70. The fourth-order valence-electron chi connectivity index (χ4n) is 3.50. The highest BCUT2D eigenvalue weighted by atomic mass is 16.4. The van der Waals surface area contributed by atoms with Crippen molar-refractivity contribution in [2.24, 2.45) is 5.92 Å². The Hall–Kier alpha value is -1.58. The monoisotopic (exact) mass is 288 g/mol. The molecular formula is C17H24N2O2. The van der Waals surface area contributed by atoms with Gasteiger partial charge in [0.25, 0.3) is 0 Å². The van der Waals surface area contributed by atoms with Crippen LogP contribution in [-0.2, 0) is 12.8 Å². The van der Waals surface area contributed by atoms with Crippen molar-refractivity contribution in [3.8, 4) is 0 Å². The van der Waals surface area contributed by atoms with Crippen LogP contribution in [-0.4, -0.2) is 29.1 Å². The minimum Gasteiger partial charge on any atom is -0.478 e. The molecule has 0 spiro atoms. The summed E-state index contributed by atoms with van der Waals surface area (Å²) in [6.45, 7) is 4.13. The number of aromatic nitrogens is 1. The number of hydrogen-bond acceptors (Lipinski definition) is 3. The first-order valence-electron chi connectivity index (χ1n) is 8.16. The Bertz CT molecular complexity index is 542. The van der Waals surface area contributed by atoms with Crippen LogP contribution in [0.2, 0.25) is 0 Å². The Morgan fingerprint density at radius 2 is 2.05 bits per heavy atom. The van der Waals surface area contributed by atoms with Gasteiger partial charge in [-0.2, -0.15) is 0 Å². The number of nitrogens with zero attached hydrogens (tertiary/aromatic N) is 2. The molecule has 2 heterocycles. The van der Waals surface area contributed by atoms with Gasteiger partial charge in [-0.25, -0.2) is 9.78 Å². The highest BCUT2D eigenvalue weighted by Gasteiger charge is 2.24. The molecule has 3 rings (SSSR count). The fourth-order valence-corrected chi connectivity index (χ4v) is 3.50. The smallest absolute Gasteiger partial charge is 0.339 e. The van der Waals surface area contributed by atoms with Crippen LogP contribution < -0.4 is 4.90 Å². The number of carboxylic acid groups (broad SMARTS) is 1. The second-order valence-corrected chi connectivity index (χ2v) is 6.50. The first-order chi connectivity index (χ1) is 10.1. The summed E-state index contributed by atoms with van der Waals surface area (Å²) in [4.78, 5) is 18.6. The zero-order valence-electron chi connectivity index (χ0n) is 12.8. The normalized spacial score (nSPS) is 22.5. The molecule has 1 aliphatic carbocycles. The van der Waals surface area contributed by atoms with Crippen molar-refractivity contribution in [1.82, 2.24) is 4.98 Å². The van der Waals surface area contributed by atoms with Gasteiger partial charge >= 0.3 is 5.97 Å². The molecule has 2 aliphatic rings. The van der Waals surface area contributed by atoms with Gasteiger partial charge < -0.3 is 10.0 Å². The van der Waals surface area contributed by atoms with Gasteiger partial charge in [-0.3, -0.25) is 0 Å². The van der Waals surface area contributed by atoms with Crippen molar-refractivity contribution in [3.63, 3.8) is 0 Å². The molecule has 1 N–H and O–H groups in total. The van der Waals surface area contributed by atoms with Crippen molar-refractivity contribution in [2.75, 3.05) is 18.0 Å². The summed E-state index contributed by atoms with van der Waals surface area (Å²) in [5.41, 5.74) is 2.66. The maximum Gasteiger partial charge on any atom is 0.339 e. The Labute approximate surface area is 126 Å². The molecule has 1 unspecified atom stereocenters. The van der Waals surface area contributed by atoms with Crippen molar-refractivity contribution < 1.29 is 9.90 Å². The summed E-state index contributed by atoms with van der Waals surface area (Å²) < 4.78 is 0. The van der Waals surface area contributed by atoms with Gasteiger partial charge in [0.1, 0.15) is 11.4 Å². The molecule has 21 heavy (non-hydrogen) atoms. The standard InChI is InChI=1S/C17H24N2O2/c1-12-5-4-9-19(10-8-12)16-14(17(20)21)11-13-6-2-3-7-15(13)18-16/h11-12H,2-10H2,1H3,(H,20,21). The first kappa shape index (κ1) is 14.4. The zero-order valence-corrected chi connectivity index (χ0v) is 12.8. The van der Waals surface area contributed by atoms with E-state index in [2.05, 4.69) is 11.8 Å². The zero-order chi connectivity index (χ0) is 14.8. The minimum absolute atomic E-state index is 0.394. The molecule has 0 bridgehead atoms. The average molecular weight is 288 g/mol. The highest BCUT2D eigenvalue weighted by molar-refractivity contribution is 5.93. The molecular weight excluding hydrogens is 264 g/mol. The Morgan fingerprint density at radius 3 is 2.86 bits per heavy atom. The van der Waals surface area contributed by atoms with Gasteiger partial charge in [0, 0.05) is 18.8 Å². The predicted molar refractivity (Wildman–Crippen MR) is 83.1 cm³/mol. The molecule has 1 aromatic heterocycles. The third-order valence-corrected chi connectivity index (χ3v) is 4.83. The van der Waals surface area contributed by atoms with Crippen LogP contribution in [0.3, 0.4) is 0 Å². The lowest BCUT2D eigenvalue weighted by atomic mass is 9.94. The molecule has 1 fully saturated rings. The Morgan fingerprint density at radius 1 is 1.24 bits per heavy atom. The van der Waals surface area contributed by atoms with E-state index in [-0.39, 0.29) is 0 Å². The first-order valence-corrected chi connectivity index (χ1v) is 8.16. The topological polar surface area (TPSA) is 53.4 Å². The SMILES string of the molecule is CC1CCCN(c2nc3c(cc2C(=O)O)CCCC3)CC1. The van der Waals surface area contributed by atoms with Crippen molar-refractivity contribution in [1.29, 1.82) is 0 Å². The third kappa shape index (κ3) is 3.04. The van der Waals surface area contributed by atoms with Crippen LogP contribution in [0.5, 0.6) is 0 Å². The maximum atomic E-state index is 11.6. The molecule has 114 valence electrons. The van der Waals surface area contributed by atoms with E-state index in [9.17, 15) is 9.90 Å². The lowest BCUT2D eigenvalue weighted by Gasteiger charge is -2.26. The molecule has 4 nitrogen and oxygen atoms in total. The van der Waals surface area contributed by atoms with Crippen LogP contribution >= 0.6 is 0 Å². The third-order valence-electron chi connectivity index (χ3n) is 4.83. The summed E-state index contributed by atoms with van der Waals surface area (Å²) in [6.07, 6.45) is 7.75. The van der Waals surface area contributed by atoms with E-state index in [4.69, 9.17) is 4.98 Å². The summed E-state index contributed by atoms with van der Waals surface area (Å²) in [5.74, 6) is 0.585. The van der Waals surface area contributed by atoms with Crippen molar-refractivity contribution in [3.05, 3.63) is 22.9 Å². The van der Waals surface area contributed by atoms with Gasteiger partial charge in [0.2, 0.25) is 0 Å². The van der Waals surface area contributed by atoms with Gasteiger partial charge in [0.05, 0.1) is 0 Å². The number of pyridine rings is 1. The number of aryl methyl sites for hydroxylation is 2. The predicted octanol–water partition coefficient (Wildman–Crippen LogP) is 3.29. The fraction of sp³-hybridized carbons (Fsp3) is 0.647. The Kier molecular flexibility index (Phi) is 4.13. The molecule has 0 aromatic carbocycles. The van der Waals surface area contributed by atoms with Crippen molar-refractivity contribution in [2.45, 2.75) is 51.9 Å². The van der Waals surface area contributed by atoms with E-state index in [1.54, 1.807) is 0 Å². The van der Waals surface area contributed by atoms with E-state index in [1.165, 1.54) is 12.8 Å². The molecule has 4 heteroatoms. The van der Waals surface area contributed by atoms with Gasteiger partial charge in [0.15, 0.2) is 0 Å². The molecule has 1 saturated heterocycles. The van der Waals surface area contributed by atoms with Crippen LogP contribution in [0, 0.1) is 5.92 Å². The molecule has 0 radical (unpaired) electrons. The number of carboxylic acids is 1. The molecule has 1 atom stereocenters. The summed E-state index contributed by atoms with van der Waals surface area (Å²) in [7, 11) is 0. The number of hydrogen-bond donors (Lipinski definition) is 1. The summed E-state index contributed by atoms with van der Waals surface area (Å²) in [6, 6.07) is 1.88. The van der Waals surface area contributed by atoms with Crippen molar-refractivity contribution >= 4 is 11.8 Å². The maximum absolute atomic E-state index is 11.6. The molecule has 1 aromatic rings. The highest BCUT2D eigenvalue weighted by Crippen LogP contribution is 2.29. The summed E-state index contributed by atoms with van der Waals surface area (Å²) >= 11 is 0. The number of carbonyl (C=O) groups is 1. The quantitative estimate of drug-likeness (QED) is 0.907. The second-order valence-electron chi connectivity index (χ2n) is 6.50. The van der Waals surface area contributed by atoms with E-state index in [0.717, 1.165) is 62.4 Å². The van der Waals surface area contributed by atoms with Crippen LogP contribution in [0.25, 0.3) is 0 Å². The number of fused-ring (bicyclic) bond motifs is 1. The van der Waals surface area contributed by atoms with Gasteiger partial charge in [-0.1, -0.05) is 6.92 Å². The second kappa shape index (κ2) is 6.04. The number of aromatic carboxylic acids is 1. The van der Waals surface area contributed by atoms with Gasteiger partial charge in [-0.05, 0) is 62.5 Å². The van der Waals surface area contributed by atoms with E-state index >= 15 is 0 Å². The lowest BCUT2D eigenvalue weighted by molar-refractivity contribution is 0.0697. The van der Waals surface area contributed by atoms with Crippen LogP contribution in [0.1, 0.15) is 60.6 Å². The molecule has 0 amide bonds. The van der Waals surface area contributed by atoms with E-state index in [0.29, 0.717) is 11.4 Å².